The van der Waals surface area contributed by atoms with E-state index in [1.54, 1.807) is 6.92 Å². The molecule has 0 radical (unpaired) electrons. The number of rotatable bonds is 2. The quantitative estimate of drug-likeness (QED) is 0.726. The van der Waals surface area contributed by atoms with Crippen LogP contribution in [0.25, 0.3) is 0 Å². The van der Waals surface area contributed by atoms with Crippen molar-refractivity contribution >= 4 is 40.9 Å². The third-order valence-electron chi connectivity index (χ3n) is 1.02. The van der Waals surface area contributed by atoms with Crippen LogP contribution in [0.4, 0.5) is 4.79 Å². The molecule has 0 atom stereocenters. The van der Waals surface area contributed by atoms with E-state index in [2.05, 4.69) is 0 Å². The highest BCUT2D eigenvalue weighted by atomic mass is 35.6. The molecule has 3 nitrogen and oxygen atoms in total. The minimum Gasteiger partial charge on any atom is -0.465 e. The Hall–Kier alpha value is 0.140. The minimum absolute atomic E-state index is 0.108. The molecule has 0 aromatic rings. The molecule has 0 bridgehead atoms. The summed E-state index contributed by atoms with van der Waals surface area (Å²) in [5, 5.41) is 8.49. The summed E-state index contributed by atoms with van der Waals surface area (Å²) in [4.78, 5) is 11.4. The van der Waals surface area contributed by atoms with Gasteiger partial charge in [-0.1, -0.05) is 34.8 Å². The minimum atomic E-state index is -1.53. The molecule has 0 spiro atoms. The second-order valence-corrected chi connectivity index (χ2v) is 4.43. The van der Waals surface area contributed by atoms with E-state index in [9.17, 15) is 4.79 Å². The average Bonchev–Trinajstić information content (AvgIpc) is 1.80. The number of carbonyl (C=O) groups is 1. The number of nitrogens with zero attached hydrogens (tertiary/aromatic N) is 1. The van der Waals surface area contributed by atoms with Crippen LogP contribution in [0.2, 0.25) is 0 Å². The van der Waals surface area contributed by atoms with Crippen molar-refractivity contribution in [3.05, 3.63) is 0 Å². The summed E-state index contributed by atoms with van der Waals surface area (Å²) in [5.74, 6) is 0. The highest BCUT2D eigenvalue weighted by molar-refractivity contribution is 6.67. The molecular weight excluding hydrogens is 212 g/mol. The topological polar surface area (TPSA) is 40.5 Å². The van der Waals surface area contributed by atoms with Crippen LogP contribution >= 0.6 is 34.8 Å². The van der Waals surface area contributed by atoms with E-state index >= 15 is 0 Å². The van der Waals surface area contributed by atoms with Gasteiger partial charge >= 0.3 is 6.09 Å². The second kappa shape index (κ2) is 4.24. The van der Waals surface area contributed by atoms with Crippen LogP contribution in [0.3, 0.4) is 0 Å². The number of hydrogen-bond acceptors (Lipinski definition) is 1. The Morgan fingerprint density at radius 3 is 2.09 bits per heavy atom. The SMILES string of the molecule is CCN(CC(Cl)(Cl)Cl)C(=O)O. The summed E-state index contributed by atoms with van der Waals surface area (Å²) in [6, 6.07) is 0. The first-order valence-electron chi connectivity index (χ1n) is 2.91. The molecule has 0 fully saturated rings. The van der Waals surface area contributed by atoms with Crippen LogP contribution in [0.5, 0.6) is 0 Å². The molecule has 0 aromatic heterocycles. The molecule has 0 aliphatic heterocycles. The molecule has 6 heteroatoms. The Morgan fingerprint density at radius 1 is 1.55 bits per heavy atom. The Labute approximate surface area is 79.8 Å². The van der Waals surface area contributed by atoms with Gasteiger partial charge in [-0.05, 0) is 6.92 Å². The van der Waals surface area contributed by atoms with E-state index in [4.69, 9.17) is 39.9 Å². The van der Waals surface area contributed by atoms with Crippen molar-refractivity contribution in [2.45, 2.75) is 10.7 Å². The highest BCUT2D eigenvalue weighted by Gasteiger charge is 2.25. The van der Waals surface area contributed by atoms with Gasteiger partial charge in [-0.2, -0.15) is 0 Å². The fraction of sp³-hybridized carbons (Fsp3) is 0.800. The fourth-order valence-corrected chi connectivity index (χ4v) is 0.964. The van der Waals surface area contributed by atoms with Gasteiger partial charge in [-0.15, -0.1) is 0 Å². The molecule has 0 heterocycles. The van der Waals surface area contributed by atoms with Crippen LogP contribution in [0, 0.1) is 0 Å². The molecule has 0 aliphatic rings. The third kappa shape index (κ3) is 5.41. The fourth-order valence-electron chi connectivity index (χ4n) is 0.531. The summed E-state index contributed by atoms with van der Waals surface area (Å²) in [6.07, 6.45) is -1.08. The van der Waals surface area contributed by atoms with Gasteiger partial charge in [-0.3, -0.25) is 0 Å². The van der Waals surface area contributed by atoms with E-state index in [1.165, 1.54) is 0 Å². The zero-order valence-corrected chi connectivity index (χ0v) is 8.12. The lowest BCUT2D eigenvalue weighted by Gasteiger charge is -2.21. The van der Waals surface area contributed by atoms with Crippen LogP contribution < -0.4 is 0 Å². The summed E-state index contributed by atoms with van der Waals surface area (Å²) in [5.41, 5.74) is 0. The molecule has 0 aliphatic carbocycles. The van der Waals surface area contributed by atoms with E-state index in [0.29, 0.717) is 6.54 Å². The van der Waals surface area contributed by atoms with Gasteiger partial charge in [0.05, 0.1) is 6.54 Å². The first-order chi connectivity index (χ1) is 4.87. The largest absolute Gasteiger partial charge is 0.465 e. The molecule has 1 N–H and O–H groups in total. The molecule has 0 rings (SSSR count). The zero-order valence-electron chi connectivity index (χ0n) is 5.85. The molecule has 66 valence electrons. The summed E-state index contributed by atoms with van der Waals surface area (Å²) in [6.45, 7) is 1.87. The van der Waals surface area contributed by atoms with Crippen molar-refractivity contribution in [2.75, 3.05) is 13.1 Å². The maximum Gasteiger partial charge on any atom is 0.407 e. The van der Waals surface area contributed by atoms with Gasteiger partial charge in [-0.25, -0.2) is 4.79 Å². The number of alkyl halides is 3. The van der Waals surface area contributed by atoms with Gasteiger partial charge in [0.25, 0.3) is 0 Å². The van der Waals surface area contributed by atoms with Crippen molar-refractivity contribution in [2.24, 2.45) is 0 Å². The predicted molar refractivity (Wildman–Crippen MR) is 45.6 cm³/mol. The maximum absolute atomic E-state index is 10.4. The second-order valence-electron chi connectivity index (χ2n) is 1.91. The van der Waals surface area contributed by atoms with Crippen LogP contribution in [-0.2, 0) is 0 Å². The van der Waals surface area contributed by atoms with Crippen LogP contribution in [0.1, 0.15) is 6.92 Å². The van der Waals surface area contributed by atoms with E-state index in [0.717, 1.165) is 4.90 Å². The van der Waals surface area contributed by atoms with Crippen molar-refractivity contribution in [1.82, 2.24) is 4.90 Å². The lowest BCUT2D eigenvalue weighted by atomic mass is 10.5. The highest BCUT2D eigenvalue weighted by Crippen LogP contribution is 2.26. The average molecular weight is 220 g/mol. The van der Waals surface area contributed by atoms with Crippen molar-refractivity contribution in [1.29, 1.82) is 0 Å². The lowest BCUT2D eigenvalue weighted by molar-refractivity contribution is 0.148. The molecule has 0 saturated heterocycles. The Bertz CT molecular complexity index is 145. The number of amides is 1. The van der Waals surface area contributed by atoms with E-state index < -0.39 is 9.89 Å². The zero-order chi connectivity index (χ0) is 9.07. The molecule has 1 amide bonds. The predicted octanol–water partition coefficient (Wildman–Crippen LogP) is 2.36. The lowest BCUT2D eigenvalue weighted by Crippen LogP contribution is -2.36. The Morgan fingerprint density at radius 2 is 2.00 bits per heavy atom. The summed E-state index contributed by atoms with van der Waals surface area (Å²) in [7, 11) is 0. The van der Waals surface area contributed by atoms with Crippen molar-refractivity contribution in [3.63, 3.8) is 0 Å². The van der Waals surface area contributed by atoms with Gasteiger partial charge in [0.1, 0.15) is 0 Å². The third-order valence-corrected chi connectivity index (χ3v) is 1.38. The normalized spacial score (nSPS) is 11.3. The number of carboxylic acid groups (broad SMARTS) is 1. The van der Waals surface area contributed by atoms with Gasteiger partial charge in [0, 0.05) is 6.54 Å². The Balaban J connectivity index is 3.99. The monoisotopic (exact) mass is 219 g/mol. The number of halogens is 3. The van der Waals surface area contributed by atoms with Crippen molar-refractivity contribution in [3.8, 4) is 0 Å². The van der Waals surface area contributed by atoms with E-state index in [-0.39, 0.29) is 6.54 Å². The van der Waals surface area contributed by atoms with Crippen LogP contribution in [-0.4, -0.2) is 33.0 Å². The van der Waals surface area contributed by atoms with Gasteiger partial charge in [0.2, 0.25) is 3.79 Å². The maximum atomic E-state index is 10.4. The first kappa shape index (κ1) is 11.1. The standard InChI is InChI=1S/C5H8Cl3NO2/c1-2-9(4(10)11)3-5(6,7)8/h2-3H2,1H3,(H,10,11). The molecule has 0 aromatic carbocycles. The number of hydrogen-bond donors (Lipinski definition) is 1. The van der Waals surface area contributed by atoms with Gasteiger partial charge < -0.3 is 10.0 Å². The van der Waals surface area contributed by atoms with E-state index in [1.807, 2.05) is 0 Å². The molecule has 0 saturated carbocycles. The smallest absolute Gasteiger partial charge is 0.407 e. The van der Waals surface area contributed by atoms with Gasteiger partial charge in [0.15, 0.2) is 0 Å². The van der Waals surface area contributed by atoms with Crippen molar-refractivity contribution < 1.29 is 9.90 Å². The Kier molecular flexibility index (Phi) is 4.29. The summed E-state index contributed by atoms with van der Waals surface area (Å²) < 4.78 is -1.53. The first-order valence-corrected chi connectivity index (χ1v) is 4.05. The summed E-state index contributed by atoms with van der Waals surface area (Å²) >= 11 is 16.1. The van der Waals surface area contributed by atoms with Crippen LogP contribution in [0.15, 0.2) is 0 Å². The molecule has 11 heavy (non-hydrogen) atoms. The molecule has 0 unspecified atom stereocenters. The molecular formula is C5H8Cl3NO2.